The molecule has 208 valence electrons. The molecule has 11 heteroatoms. The van der Waals surface area contributed by atoms with Crippen LogP contribution >= 0.6 is 23.7 Å². The highest BCUT2D eigenvalue weighted by Gasteiger charge is 2.30. The molecule has 3 heterocycles. The summed E-state index contributed by atoms with van der Waals surface area (Å²) in [5.74, 6) is -0.880. The summed E-state index contributed by atoms with van der Waals surface area (Å²) < 4.78 is 32.4. The summed E-state index contributed by atoms with van der Waals surface area (Å²) in [6.07, 6.45) is 3.44. The van der Waals surface area contributed by atoms with Gasteiger partial charge in [0.1, 0.15) is 5.00 Å². The Morgan fingerprint density at radius 3 is 2.33 bits per heavy atom. The number of nitrogens with one attached hydrogen (secondary N) is 1. The zero-order valence-corrected chi connectivity index (χ0v) is 24.2. The van der Waals surface area contributed by atoms with Crippen LogP contribution in [0.4, 0.5) is 5.00 Å². The number of carbonyl (C=O) groups excluding carboxylic acids is 2. The van der Waals surface area contributed by atoms with Crippen LogP contribution in [-0.4, -0.2) is 56.2 Å². The molecule has 0 radical (unpaired) electrons. The van der Waals surface area contributed by atoms with Gasteiger partial charge in [0.2, 0.25) is 10.0 Å². The molecule has 0 unspecified atom stereocenters. The van der Waals surface area contributed by atoms with Gasteiger partial charge in [-0.15, -0.1) is 23.7 Å². The Kier molecular flexibility index (Phi) is 9.45. The van der Waals surface area contributed by atoms with Crippen LogP contribution in [0.25, 0.3) is 0 Å². The molecule has 1 N–H and O–H groups in total. The molecule has 2 aromatic carbocycles. The molecule has 3 aromatic rings. The van der Waals surface area contributed by atoms with Crippen molar-refractivity contribution in [3.05, 3.63) is 81.7 Å². The number of benzene rings is 2. The van der Waals surface area contributed by atoms with Crippen molar-refractivity contribution in [2.75, 3.05) is 32.1 Å². The first kappa shape index (κ1) is 29.2. The highest BCUT2D eigenvalue weighted by molar-refractivity contribution is 7.89. The van der Waals surface area contributed by atoms with E-state index in [1.807, 2.05) is 18.2 Å². The first-order chi connectivity index (χ1) is 18.4. The van der Waals surface area contributed by atoms with Gasteiger partial charge in [0.15, 0.2) is 0 Å². The van der Waals surface area contributed by atoms with E-state index in [-0.39, 0.29) is 17.3 Å². The normalized spacial score (nSPS) is 16.1. The topological polar surface area (TPSA) is 96.0 Å². The maximum Gasteiger partial charge on any atom is 0.341 e. The van der Waals surface area contributed by atoms with Crippen LogP contribution in [0.2, 0.25) is 0 Å². The molecule has 39 heavy (non-hydrogen) atoms. The summed E-state index contributed by atoms with van der Waals surface area (Å²) >= 11 is 1.39. The van der Waals surface area contributed by atoms with E-state index in [2.05, 4.69) is 22.3 Å². The second kappa shape index (κ2) is 12.6. The van der Waals surface area contributed by atoms with Gasteiger partial charge in [-0.3, -0.25) is 9.69 Å². The van der Waals surface area contributed by atoms with E-state index < -0.39 is 21.9 Å². The molecule has 5 rings (SSSR count). The van der Waals surface area contributed by atoms with Gasteiger partial charge >= 0.3 is 5.97 Å². The number of anilines is 1. The van der Waals surface area contributed by atoms with Crippen LogP contribution < -0.4 is 5.32 Å². The van der Waals surface area contributed by atoms with Gasteiger partial charge in [0, 0.05) is 43.2 Å². The first-order valence-electron chi connectivity index (χ1n) is 12.8. The van der Waals surface area contributed by atoms with Crippen molar-refractivity contribution in [2.24, 2.45) is 0 Å². The third-order valence-electron chi connectivity index (χ3n) is 7.07. The number of fused-ring (bicyclic) bond motifs is 1. The van der Waals surface area contributed by atoms with E-state index in [1.165, 1.54) is 52.6 Å². The molecule has 2 aliphatic heterocycles. The van der Waals surface area contributed by atoms with Crippen LogP contribution in [-0.2, 0) is 34.3 Å². The van der Waals surface area contributed by atoms with Gasteiger partial charge in [-0.25, -0.2) is 13.2 Å². The lowest BCUT2D eigenvalue weighted by molar-refractivity contribution is 0.0600. The standard InChI is InChI=1S/C28H31N3O5S2.ClH/c1-36-28(33)25-23-14-17-30(18-20-8-4-2-5-9-20)19-24(23)37-27(25)29-26(32)21-10-12-22(13-11-21)38(34,35)31-15-6-3-7-16-31;/h2,4-5,8-13H,3,6-7,14-19H2,1H3,(H,29,32);1H. The highest BCUT2D eigenvalue weighted by atomic mass is 35.5. The average Bonchev–Trinajstić information content (AvgIpc) is 3.30. The second-order valence-electron chi connectivity index (χ2n) is 9.59. The molecule has 1 fully saturated rings. The smallest absolute Gasteiger partial charge is 0.341 e. The fraction of sp³-hybridized carbons (Fsp3) is 0.357. The Labute approximate surface area is 239 Å². The van der Waals surface area contributed by atoms with Crippen molar-refractivity contribution < 1.29 is 22.7 Å². The zero-order chi connectivity index (χ0) is 26.7. The number of esters is 1. The molecule has 0 spiro atoms. The van der Waals surface area contributed by atoms with Crippen LogP contribution in [0.15, 0.2) is 59.5 Å². The number of piperidine rings is 1. The second-order valence-corrected chi connectivity index (χ2v) is 12.6. The van der Waals surface area contributed by atoms with Gasteiger partial charge in [-0.05, 0) is 54.7 Å². The van der Waals surface area contributed by atoms with Crippen molar-refractivity contribution >= 4 is 50.6 Å². The largest absolute Gasteiger partial charge is 0.465 e. The molecule has 0 saturated carbocycles. The zero-order valence-electron chi connectivity index (χ0n) is 21.7. The monoisotopic (exact) mass is 589 g/mol. The molecular weight excluding hydrogens is 558 g/mol. The van der Waals surface area contributed by atoms with Gasteiger partial charge in [0.05, 0.1) is 17.6 Å². The van der Waals surface area contributed by atoms with Crippen molar-refractivity contribution in [3.63, 3.8) is 0 Å². The molecule has 0 aliphatic carbocycles. The molecule has 8 nitrogen and oxygen atoms in total. The quantitative estimate of drug-likeness (QED) is 0.392. The van der Waals surface area contributed by atoms with Crippen molar-refractivity contribution in [3.8, 4) is 0 Å². The summed E-state index contributed by atoms with van der Waals surface area (Å²) in [5.41, 5.74) is 2.87. The minimum atomic E-state index is -3.58. The van der Waals surface area contributed by atoms with E-state index in [0.717, 1.165) is 42.8 Å². The van der Waals surface area contributed by atoms with E-state index in [0.29, 0.717) is 42.2 Å². The number of hydrogen-bond acceptors (Lipinski definition) is 7. The van der Waals surface area contributed by atoms with Crippen LogP contribution in [0.3, 0.4) is 0 Å². The third kappa shape index (κ3) is 6.36. The molecule has 1 amide bonds. The minimum Gasteiger partial charge on any atom is -0.465 e. The number of rotatable bonds is 7. The average molecular weight is 590 g/mol. The van der Waals surface area contributed by atoms with E-state index in [4.69, 9.17) is 4.74 Å². The molecule has 2 aliphatic rings. The molecule has 1 aromatic heterocycles. The molecule has 0 atom stereocenters. The lowest BCUT2D eigenvalue weighted by Crippen LogP contribution is -2.35. The van der Waals surface area contributed by atoms with E-state index in [9.17, 15) is 18.0 Å². The van der Waals surface area contributed by atoms with Crippen molar-refractivity contribution in [1.82, 2.24) is 9.21 Å². The molecule has 0 bridgehead atoms. The summed E-state index contributed by atoms with van der Waals surface area (Å²) in [7, 11) is -2.24. The minimum absolute atomic E-state index is 0. The highest BCUT2D eigenvalue weighted by Crippen LogP contribution is 2.38. The fourth-order valence-electron chi connectivity index (χ4n) is 5.05. The number of methoxy groups -OCH3 is 1. The van der Waals surface area contributed by atoms with Gasteiger partial charge < -0.3 is 10.1 Å². The Balaban J connectivity index is 0.00000353. The van der Waals surface area contributed by atoms with E-state index in [1.54, 1.807) is 0 Å². The Morgan fingerprint density at radius 1 is 0.974 bits per heavy atom. The predicted octanol–water partition coefficient (Wildman–Crippen LogP) is 4.94. The first-order valence-corrected chi connectivity index (χ1v) is 15.0. The van der Waals surface area contributed by atoms with Gasteiger partial charge in [-0.1, -0.05) is 36.8 Å². The third-order valence-corrected chi connectivity index (χ3v) is 10.1. The summed E-state index contributed by atoms with van der Waals surface area (Å²) in [6, 6.07) is 16.2. The van der Waals surface area contributed by atoms with Gasteiger partial charge in [0.25, 0.3) is 5.91 Å². The molecule has 1 saturated heterocycles. The van der Waals surface area contributed by atoms with Crippen LogP contribution in [0, 0.1) is 0 Å². The Morgan fingerprint density at radius 2 is 1.67 bits per heavy atom. The summed E-state index contributed by atoms with van der Waals surface area (Å²) in [5, 5.41) is 3.34. The lowest BCUT2D eigenvalue weighted by atomic mass is 10.0. The fourth-order valence-corrected chi connectivity index (χ4v) is 7.84. The van der Waals surface area contributed by atoms with Crippen LogP contribution in [0.5, 0.6) is 0 Å². The number of thiophene rings is 1. The maximum atomic E-state index is 13.1. The number of hydrogen-bond donors (Lipinski definition) is 1. The number of sulfonamides is 1. The SMILES string of the molecule is COC(=O)c1c(NC(=O)c2ccc(S(=O)(=O)N3CCCCC3)cc2)sc2c1CCN(Cc1ccccc1)C2.Cl. The Bertz CT molecular complexity index is 1420. The number of halogens is 1. The van der Waals surface area contributed by atoms with Gasteiger partial charge in [-0.2, -0.15) is 4.31 Å². The number of carbonyl (C=O) groups is 2. The van der Waals surface area contributed by atoms with E-state index >= 15 is 0 Å². The summed E-state index contributed by atoms with van der Waals surface area (Å²) in [6.45, 7) is 3.32. The summed E-state index contributed by atoms with van der Waals surface area (Å²) in [4.78, 5) is 29.4. The lowest BCUT2D eigenvalue weighted by Gasteiger charge is -2.27. The number of amides is 1. The maximum absolute atomic E-state index is 13.1. The van der Waals surface area contributed by atoms with Crippen molar-refractivity contribution in [2.45, 2.75) is 43.7 Å². The molecular formula is C28H32ClN3O5S2. The van der Waals surface area contributed by atoms with Crippen LogP contribution in [0.1, 0.15) is 56.0 Å². The predicted molar refractivity (Wildman–Crippen MR) is 154 cm³/mol. The number of nitrogens with zero attached hydrogens (tertiary/aromatic N) is 2. The number of ether oxygens (including phenoxy) is 1. The Hall–Kier alpha value is -2.76. The van der Waals surface area contributed by atoms with Crippen molar-refractivity contribution in [1.29, 1.82) is 0 Å².